The monoisotopic (exact) mass is 202 g/mol. The molecule has 1 saturated carbocycles. The van der Waals surface area contributed by atoms with Crippen LogP contribution in [-0.4, -0.2) is 0 Å². The first kappa shape index (κ1) is 9.69. The van der Waals surface area contributed by atoms with Crippen molar-refractivity contribution in [2.45, 2.75) is 46.0 Å². The van der Waals surface area contributed by atoms with Crippen molar-refractivity contribution in [1.82, 2.24) is 0 Å². The molecule has 0 N–H and O–H groups in total. The molecule has 15 heavy (non-hydrogen) atoms. The van der Waals surface area contributed by atoms with Crippen LogP contribution in [0.1, 0.15) is 46.0 Å². The van der Waals surface area contributed by atoms with E-state index in [1.807, 2.05) is 5.57 Å². The number of rotatable bonds is 0. The third-order valence-electron chi connectivity index (χ3n) is 4.73. The summed E-state index contributed by atoms with van der Waals surface area (Å²) in [5.74, 6) is 3.73. The van der Waals surface area contributed by atoms with Crippen LogP contribution < -0.4 is 0 Å². The summed E-state index contributed by atoms with van der Waals surface area (Å²) in [7, 11) is 0. The predicted molar refractivity (Wildman–Crippen MR) is 64.6 cm³/mol. The van der Waals surface area contributed by atoms with Gasteiger partial charge in [-0.2, -0.15) is 0 Å². The molecule has 4 atom stereocenters. The smallest absolute Gasteiger partial charge is 0.0131 e. The van der Waals surface area contributed by atoms with Gasteiger partial charge in [0.15, 0.2) is 0 Å². The Morgan fingerprint density at radius 1 is 1.13 bits per heavy atom. The Balaban J connectivity index is 1.83. The summed E-state index contributed by atoms with van der Waals surface area (Å²) in [6.45, 7) is 4.79. The van der Waals surface area contributed by atoms with Crippen LogP contribution in [0.15, 0.2) is 23.3 Å². The highest BCUT2D eigenvalue weighted by Crippen LogP contribution is 2.50. The zero-order valence-electron chi connectivity index (χ0n) is 10.00. The second-order valence-corrected chi connectivity index (χ2v) is 6.09. The highest BCUT2D eigenvalue weighted by Gasteiger charge is 2.37. The fourth-order valence-electron chi connectivity index (χ4n) is 4.00. The van der Waals surface area contributed by atoms with Crippen LogP contribution >= 0.6 is 0 Å². The van der Waals surface area contributed by atoms with E-state index in [9.17, 15) is 0 Å². The maximum Gasteiger partial charge on any atom is -0.0131 e. The molecule has 0 radical (unpaired) electrons. The van der Waals surface area contributed by atoms with Gasteiger partial charge in [-0.05, 0) is 54.9 Å². The SMILES string of the molecule is CC1C=CC2=C(C1)CC1CC(C)CCC21. The third-order valence-corrected chi connectivity index (χ3v) is 4.73. The average Bonchev–Trinajstić information content (AvgIpc) is 2.53. The van der Waals surface area contributed by atoms with Gasteiger partial charge in [0.2, 0.25) is 0 Å². The van der Waals surface area contributed by atoms with Gasteiger partial charge in [-0.25, -0.2) is 0 Å². The summed E-state index contributed by atoms with van der Waals surface area (Å²) in [4.78, 5) is 0. The number of hydrogen-bond acceptors (Lipinski definition) is 0. The fraction of sp³-hybridized carbons (Fsp3) is 0.733. The Bertz CT molecular complexity index is 321. The molecule has 0 aliphatic heterocycles. The molecule has 0 aromatic carbocycles. The van der Waals surface area contributed by atoms with Crippen LogP contribution in [-0.2, 0) is 0 Å². The van der Waals surface area contributed by atoms with Crippen molar-refractivity contribution in [2.24, 2.45) is 23.7 Å². The second kappa shape index (κ2) is 3.50. The molecule has 0 nitrogen and oxygen atoms in total. The lowest BCUT2D eigenvalue weighted by molar-refractivity contribution is 0.235. The number of allylic oxidation sites excluding steroid dienone is 4. The average molecular weight is 202 g/mol. The van der Waals surface area contributed by atoms with E-state index in [-0.39, 0.29) is 0 Å². The molecular weight excluding hydrogens is 180 g/mol. The maximum atomic E-state index is 2.46. The summed E-state index contributed by atoms with van der Waals surface area (Å²) >= 11 is 0. The Kier molecular flexibility index (Phi) is 2.26. The summed E-state index contributed by atoms with van der Waals surface area (Å²) in [5.41, 5.74) is 3.57. The van der Waals surface area contributed by atoms with Crippen molar-refractivity contribution < 1.29 is 0 Å². The Labute approximate surface area is 93.5 Å². The van der Waals surface area contributed by atoms with Crippen molar-refractivity contribution in [1.29, 1.82) is 0 Å². The Morgan fingerprint density at radius 2 is 2.00 bits per heavy atom. The van der Waals surface area contributed by atoms with Crippen molar-refractivity contribution in [2.75, 3.05) is 0 Å². The zero-order valence-corrected chi connectivity index (χ0v) is 10.00. The minimum atomic E-state index is 0.793. The molecule has 0 bridgehead atoms. The topological polar surface area (TPSA) is 0 Å². The van der Waals surface area contributed by atoms with Crippen LogP contribution in [0.25, 0.3) is 0 Å². The third kappa shape index (κ3) is 1.58. The van der Waals surface area contributed by atoms with Crippen molar-refractivity contribution in [3.63, 3.8) is 0 Å². The molecule has 0 spiro atoms. The molecule has 3 aliphatic rings. The summed E-state index contributed by atoms with van der Waals surface area (Å²) in [6.07, 6.45) is 12.1. The molecule has 1 fully saturated rings. The molecule has 0 amide bonds. The molecule has 82 valence electrons. The van der Waals surface area contributed by atoms with Gasteiger partial charge < -0.3 is 0 Å². The van der Waals surface area contributed by atoms with Crippen molar-refractivity contribution >= 4 is 0 Å². The quantitative estimate of drug-likeness (QED) is 0.548. The molecule has 0 heteroatoms. The molecule has 0 aromatic heterocycles. The highest BCUT2D eigenvalue weighted by molar-refractivity contribution is 5.37. The first-order valence-corrected chi connectivity index (χ1v) is 6.64. The first-order valence-electron chi connectivity index (χ1n) is 6.64. The number of hydrogen-bond donors (Lipinski definition) is 0. The van der Waals surface area contributed by atoms with Crippen LogP contribution in [0.5, 0.6) is 0 Å². The molecule has 0 saturated heterocycles. The lowest BCUT2D eigenvalue weighted by atomic mass is 9.74. The van der Waals surface area contributed by atoms with Gasteiger partial charge in [0, 0.05) is 0 Å². The largest absolute Gasteiger partial charge is 0.0811 e. The predicted octanol–water partition coefficient (Wildman–Crippen LogP) is 4.34. The van der Waals surface area contributed by atoms with Gasteiger partial charge in [-0.15, -0.1) is 0 Å². The van der Waals surface area contributed by atoms with Gasteiger partial charge in [0.05, 0.1) is 0 Å². The van der Waals surface area contributed by atoms with E-state index in [0.29, 0.717) is 0 Å². The minimum Gasteiger partial charge on any atom is -0.0811 e. The molecule has 0 heterocycles. The highest BCUT2D eigenvalue weighted by atomic mass is 14.4. The Hall–Kier alpha value is -0.520. The van der Waals surface area contributed by atoms with E-state index in [0.717, 1.165) is 23.7 Å². The van der Waals surface area contributed by atoms with Crippen molar-refractivity contribution in [3.05, 3.63) is 23.3 Å². The van der Waals surface area contributed by atoms with Crippen LogP contribution in [0, 0.1) is 23.7 Å². The fourth-order valence-corrected chi connectivity index (χ4v) is 4.00. The van der Waals surface area contributed by atoms with Crippen LogP contribution in [0.3, 0.4) is 0 Å². The molecular formula is C15H22. The Morgan fingerprint density at radius 3 is 2.87 bits per heavy atom. The minimum absolute atomic E-state index is 0.793. The molecule has 3 rings (SSSR count). The lowest BCUT2D eigenvalue weighted by Gasteiger charge is -2.31. The standard InChI is InChI=1S/C15H22/c1-10-3-5-14-12(7-10)9-13-8-11(2)4-6-15(13)14/h3,5,10-11,13,15H,4,6-9H2,1-2H3. The second-order valence-electron chi connectivity index (χ2n) is 6.09. The molecule has 4 unspecified atom stereocenters. The van der Waals surface area contributed by atoms with Gasteiger partial charge in [0.25, 0.3) is 0 Å². The lowest BCUT2D eigenvalue weighted by Crippen LogP contribution is -2.20. The van der Waals surface area contributed by atoms with Gasteiger partial charge in [-0.1, -0.05) is 38.0 Å². The van der Waals surface area contributed by atoms with Crippen LogP contribution in [0.4, 0.5) is 0 Å². The van der Waals surface area contributed by atoms with E-state index >= 15 is 0 Å². The van der Waals surface area contributed by atoms with E-state index < -0.39 is 0 Å². The molecule has 0 aromatic rings. The van der Waals surface area contributed by atoms with Gasteiger partial charge in [0.1, 0.15) is 0 Å². The molecule has 3 aliphatic carbocycles. The summed E-state index contributed by atoms with van der Waals surface area (Å²) < 4.78 is 0. The summed E-state index contributed by atoms with van der Waals surface area (Å²) in [5, 5.41) is 0. The van der Waals surface area contributed by atoms with E-state index in [4.69, 9.17) is 0 Å². The normalized spacial score (nSPS) is 44.1. The van der Waals surface area contributed by atoms with E-state index in [2.05, 4.69) is 26.0 Å². The van der Waals surface area contributed by atoms with Crippen LogP contribution in [0.2, 0.25) is 0 Å². The zero-order chi connectivity index (χ0) is 10.4. The van der Waals surface area contributed by atoms with Gasteiger partial charge >= 0.3 is 0 Å². The van der Waals surface area contributed by atoms with Gasteiger partial charge in [-0.3, -0.25) is 0 Å². The maximum absolute atomic E-state index is 2.46. The number of fused-ring (bicyclic) bond motifs is 2. The first-order chi connectivity index (χ1) is 7.24. The summed E-state index contributed by atoms with van der Waals surface area (Å²) in [6, 6.07) is 0. The van der Waals surface area contributed by atoms with E-state index in [1.165, 1.54) is 32.1 Å². The van der Waals surface area contributed by atoms with Crippen molar-refractivity contribution in [3.8, 4) is 0 Å². The van der Waals surface area contributed by atoms with E-state index in [1.54, 1.807) is 5.57 Å².